The molecule has 1 unspecified atom stereocenters. The molecular formula is C22H24ClF3N4O3. The highest BCUT2D eigenvalue weighted by molar-refractivity contribution is 6.31. The van der Waals surface area contributed by atoms with Gasteiger partial charge in [-0.1, -0.05) is 11.6 Å². The monoisotopic (exact) mass is 484 g/mol. The van der Waals surface area contributed by atoms with E-state index in [1.54, 1.807) is 12.1 Å². The molecule has 178 valence electrons. The summed E-state index contributed by atoms with van der Waals surface area (Å²) >= 11 is 5.97. The van der Waals surface area contributed by atoms with Crippen LogP contribution < -0.4 is 15.0 Å². The molecule has 1 fully saturated rings. The number of hydrogen-bond acceptors (Lipinski definition) is 5. The Morgan fingerprint density at radius 1 is 1.33 bits per heavy atom. The second-order valence-corrected chi connectivity index (χ2v) is 8.18. The van der Waals surface area contributed by atoms with E-state index in [0.29, 0.717) is 35.8 Å². The molecule has 0 saturated carbocycles. The van der Waals surface area contributed by atoms with Crippen LogP contribution in [0.4, 0.5) is 24.7 Å². The largest absolute Gasteiger partial charge is 0.495 e. The number of methoxy groups -OCH3 is 1. The van der Waals surface area contributed by atoms with E-state index in [-0.39, 0.29) is 24.8 Å². The number of rotatable bonds is 6. The van der Waals surface area contributed by atoms with Gasteiger partial charge in [0.1, 0.15) is 11.6 Å². The summed E-state index contributed by atoms with van der Waals surface area (Å²) in [6.45, 7) is 0.220. The van der Waals surface area contributed by atoms with Crippen molar-refractivity contribution in [1.29, 1.82) is 0 Å². The number of nitrogens with zero attached hydrogens (tertiary/aromatic N) is 3. The molecule has 3 rings (SSSR count). The fraction of sp³-hybridized carbons (Fsp3) is 0.409. The normalized spacial score (nSPS) is 16.3. The molecule has 0 radical (unpaired) electrons. The first-order valence-corrected chi connectivity index (χ1v) is 10.6. The van der Waals surface area contributed by atoms with E-state index in [0.717, 1.165) is 6.07 Å². The summed E-state index contributed by atoms with van der Waals surface area (Å²) in [6.07, 6.45) is -2.20. The van der Waals surface area contributed by atoms with Crippen LogP contribution in [-0.2, 0) is 15.8 Å². The molecule has 2 amide bonds. The fourth-order valence-corrected chi connectivity index (χ4v) is 3.99. The molecule has 2 aromatic rings. The molecule has 1 aliphatic rings. The maximum absolute atomic E-state index is 13.4. The van der Waals surface area contributed by atoms with E-state index in [4.69, 9.17) is 16.3 Å². The molecule has 1 atom stereocenters. The van der Waals surface area contributed by atoms with Crippen molar-refractivity contribution in [3.05, 3.63) is 47.1 Å². The lowest BCUT2D eigenvalue weighted by Gasteiger charge is -2.35. The van der Waals surface area contributed by atoms with Crippen molar-refractivity contribution in [2.45, 2.75) is 19.0 Å². The number of pyridine rings is 1. The zero-order chi connectivity index (χ0) is 24.2. The number of piperidine rings is 1. The molecule has 1 aliphatic heterocycles. The van der Waals surface area contributed by atoms with E-state index in [2.05, 4.69) is 10.3 Å². The third-order valence-corrected chi connectivity index (χ3v) is 5.59. The van der Waals surface area contributed by atoms with Gasteiger partial charge < -0.3 is 19.9 Å². The number of hydrogen-bond donors (Lipinski definition) is 1. The van der Waals surface area contributed by atoms with Crippen molar-refractivity contribution in [3.63, 3.8) is 0 Å². The molecule has 1 N–H and O–H groups in total. The molecule has 33 heavy (non-hydrogen) atoms. The van der Waals surface area contributed by atoms with Gasteiger partial charge in [0, 0.05) is 31.4 Å². The fourth-order valence-electron chi connectivity index (χ4n) is 3.81. The Hall–Kier alpha value is -3.01. The molecule has 0 bridgehead atoms. The third-order valence-electron chi connectivity index (χ3n) is 5.35. The average Bonchev–Trinajstić information content (AvgIpc) is 2.78. The van der Waals surface area contributed by atoms with E-state index in [1.165, 1.54) is 42.3 Å². The number of aromatic nitrogens is 1. The molecule has 2 heterocycles. The lowest BCUT2D eigenvalue weighted by Crippen LogP contribution is -2.46. The smallest absolute Gasteiger partial charge is 0.419 e. The summed E-state index contributed by atoms with van der Waals surface area (Å²) in [5.74, 6) is -1.10. The van der Waals surface area contributed by atoms with Gasteiger partial charge in [0.05, 0.1) is 30.8 Å². The van der Waals surface area contributed by atoms with Gasteiger partial charge in [-0.15, -0.1) is 0 Å². The number of amides is 2. The summed E-state index contributed by atoms with van der Waals surface area (Å²) in [5, 5.41) is 3.07. The van der Waals surface area contributed by atoms with Crippen molar-refractivity contribution in [1.82, 2.24) is 9.88 Å². The number of benzene rings is 1. The van der Waals surface area contributed by atoms with Crippen LogP contribution in [0.3, 0.4) is 0 Å². The van der Waals surface area contributed by atoms with Gasteiger partial charge in [0.25, 0.3) is 0 Å². The molecule has 0 aliphatic carbocycles. The molecular weight excluding hydrogens is 461 g/mol. The second-order valence-electron chi connectivity index (χ2n) is 7.74. The quantitative estimate of drug-likeness (QED) is 0.669. The number of ether oxygens (including phenoxy) is 1. The minimum Gasteiger partial charge on any atom is -0.495 e. The lowest BCUT2D eigenvalue weighted by molar-refractivity contribution is -0.137. The number of carbonyl (C=O) groups excluding carboxylic acids is 2. The average molecular weight is 485 g/mol. The third kappa shape index (κ3) is 6.07. The predicted molar refractivity (Wildman–Crippen MR) is 118 cm³/mol. The summed E-state index contributed by atoms with van der Waals surface area (Å²) in [4.78, 5) is 32.1. The Bertz CT molecular complexity index is 1020. The summed E-state index contributed by atoms with van der Waals surface area (Å²) in [5.41, 5.74) is -0.462. The van der Waals surface area contributed by atoms with Crippen LogP contribution in [0.25, 0.3) is 0 Å². The van der Waals surface area contributed by atoms with Gasteiger partial charge in [0.2, 0.25) is 11.8 Å². The van der Waals surface area contributed by atoms with E-state index >= 15 is 0 Å². The number of carbonyl (C=O) groups is 2. The highest BCUT2D eigenvalue weighted by Crippen LogP contribution is 2.36. The molecule has 0 spiro atoms. The van der Waals surface area contributed by atoms with Crippen LogP contribution in [0.2, 0.25) is 5.02 Å². The van der Waals surface area contributed by atoms with Crippen molar-refractivity contribution < 1.29 is 27.5 Å². The van der Waals surface area contributed by atoms with Gasteiger partial charge in [-0.25, -0.2) is 4.98 Å². The first-order chi connectivity index (χ1) is 15.6. The van der Waals surface area contributed by atoms with Crippen molar-refractivity contribution in [2.24, 2.45) is 5.92 Å². The van der Waals surface area contributed by atoms with Crippen LogP contribution in [0.5, 0.6) is 5.75 Å². The van der Waals surface area contributed by atoms with Crippen molar-refractivity contribution in [2.75, 3.05) is 44.0 Å². The van der Waals surface area contributed by atoms with E-state index in [1.807, 2.05) is 0 Å². The van der Waals surface area contributed by atoms with Crippen LogP contribution in [0, 0.1) is 5.92 Å². The van der Waals surface area contributed by atoms with Crippen LogP contribution >= 0.6 is 11.6 Å². The summed E-state index contributed by atoms with van der Waals surface area (Å²) in [6, 6.07) is 6.97. The number of alkyl halides is 3. The second kappa shape index (κ2) is 10.3. The number of nitrogens with one attached hydrogen (secondary N) is 1. The Balaban J connectivity index is 1.65. The maximum atomic E-state index is 13.4. The molecule has 1 saturated heterocycles. The zero-order valence-corrected chi connectivity index (χ0v) is 18.9. The minimum atomic E-state index is -4.54. The molecule has 7 nitrogen and oxygen atoms in total. The Morgan fingerprint density at radius 2 is 2.09 bits per heavy atom. The van der Waals surface area contributed by atoms with E-state index in [9.17, 15) is 22.8 Å². The SMILES string of the molecule is COc1ccc(Cl)cc1NC(=O)CN(C)C(=O)C1CCCN(c2ncccc2C(F)(F)F)C1. The van der Waals surface area contributed by atoms with Gasteiger partial charge in [0.15, 0.2) is 0 Å². The van der Waals surface area contributed by atoms with Crippen LogP contribution in [0.15, 0.2) is 36.5 Å². The lowest BCUT2D eigenvalue weighted by atomic mass is 9.96. The van der Waals surface area contributed by atoms with Gasteiger partial charge in [-0.2, -0.15) is 13.2 Å². The Labute approximate surface area is 194 Å². The predicted octanol–water partition coefficient (Wildman–Crippen LogP) is 4.08. The van der Waals surface area contributed by atoms with Crippen molar-refractivity contribution in [3.8, 4) is 5.75 Å². The standard InChI is InChI=1S/C22H24ClF3N4O3/c1-29(13-19(31)28-17-11-15(23)7-8-18(17)33-2)21(32)14-5-4-10-30(12-14)20-16(22(24,25)26)6-3-9-27-20/h3,6-9,11,14H,4-5,10,12-13H2,1-2H3,(H,28,31). The molecule has 1 aromatic heterocycles. The Morgan fingerprint density at radius 3 is 2.79 bits per heavy atom. The molecule has 1 aromatic carbocycles. The van der Waals surface area contributed by atoms with E-state index < -0.39 is 23.6 Å². The number of anilines is 2. The van der Waals surface area contributed by atoms with Gasteiger partial charge in [-0.05, 0) is 43.2 Å². The molecule has 11 heteroatoms. The number of halogens is 4. The topological polar surface area (TPSA) is 74.8 Å². The minimum absolute atomic E-state index is 0.0903. The first-order valence-electron chi connectivity index (χ1n) is 10.3. The Kier molecular flexibility index (Phi) is 7.68. The van der Waals surface area contributed by atoms with Crippen LogP contribution in [0.1, 0.15) is 18.4 Å². The highest BCUT2D eigenvalue weighted by atomic mass is 35.5. The summed E-state index contributed by atoms with van der Waals surface area (Å²) < 4.78 is 45.3. The maximum Gasteiger partial charge on any atom is 0.419 e. The van der Waals surface area contributed by atoms with Crippen LogP contribution in [-0.4, -0.2) is 55.5 Å². The van der Waals surface area contributed by atoms with Gasteiger partial charge >= 0.3 is 6.18 Å². The number of likely N-dealkylation sites (N-methyl/N-ethyl adjacent to an activating group) is 1. The van der Waals surface area contributed by atoms with Crippen molar-refractivity contribution >= 4 is 34.9 Å². The first kappa shape index (κ1) is 24.6. The van der Waals surface area contributed by atoms with Gasteiger partial charge in [-0.3, -0.25) is 9.59 Å². The summed E-state index contributed by atoms with van der Waals surface area (Å²) in [7, 11) is 2.94. The highest BCUT2D eigenvalue weighted by Gasteiger charge is 2.37. The zero-order valence-electron chi connectivity index (χ0n) is 18.2.